The molecule has 1 amide bonds. The van der Waals surface area contributed by atoms with E-state index < -0.39 is 11.1 Å². The van der Waals surface area contributed by atoms with E-state index in [1.54, 1.807) is 4.90 Å². The molecule has 2 heterocycles. The molecule has 5 rings (SSSR count). The van der Waals surface area contributed by atoms with Crippen molar-refractivity contribution in [3.05, 3.63) is 64.7 Å². The number of benzene rings is 2. The number of halogens is 1. The van der Waals surface area contributed by atoms with Crippen molar-refractivity contribution in [2.75, 3.05) is 18.5 Å². The molecule has 2 aliphatic heterocycles. The van der Waals surface area contributed by atoms with Gasteiger partial charge in [0.05, 0.1) is 5.41 Å². The molecule has 1 saturated carbocycles. The van der Waals surface area contributed by atoms with Crippen LogP contribution in [0, 0.1) is 0 Å². The molecule has 0 unspecified atom stereocenters. The molecule has 0 aromatic heterocycles. The van der Waals surface area contributed by atoms with Gasteiger partial charge in [0.2, 0.25) is 5.72 Å². The number of rotatable bonds is 3. The number of hydrogen-bond acceptors (Lipinski definition) is 3. The minimum absolute atomic E-state index is 0.157. The second-order valence-electron chi connectivity index (χ2n) is 8.86. The van der Waals surface area contributed by atoms with Gasteiger partial charge in [0, 0.05) is 30.3 Å². The summed E-state index contributed by atoms with van der Waals surface area (Å²) in [7, 11) is 1.84. The van der Waals surface area contributed by atoms with Gasteiger partial charge in [-0.25, -0.2) is 0 Å². The number of aliphatic hydroxyl groups is 1. The Labute approximate surface area is 177 Å². The van der Waals surface area contributed by atoms with Crippen LogP contribution in [0.2, 0.25) is 5.02 Å². The zero-order valence-electron chi connectivity index (χ0n) is 16.8. The zero-order valence-corrected chi connectivity index (χ0v) is 17.5. The van der Waals surface area contributed by atoms with Crippen LogP contribution in [-0.4, -0.2) is 41.3 Å². The van der Waals surface area contributed by atoms with Gasteiger partial charge in [-0.1, -0.05) is 61.2 Å². The van der Waals surface area contributed by atoms with Crippen LogP contribution in [-0.2, 0) is 16.6 Å². The minimum atomic E-state index is -1.59. The molecule has 1 N–H and O–H groups in total. The van der Waals surface area contributed by atoms with Gasteiger partial charge >= 0.3 is 0 Å². The first-order chi connectivity index (χ1) is 14.0. The maximum absolute atomic E-state index is 13.8. The Bertz CT molecular complexity index is 943. The number of likely N-dealkylation sites (tertiary alicyclic amines) is 1. The Morgan fingerprint density at radius 2 is 1.83 bits per heavy atom. The molecule has 2 aromatic carbocycles. The highest BCUT2D eigenvalue weighted by atomic mass is 35.5. The summed E-state index contributed by atoms with van der Waals surface area (Å²) in [5.41, 5.74) is 0.658. The van der Waals surface area contributed by atoms with Crippen LogP contribution < -0.4 is 4.90 Å². The number of nitrogens with zero attached hydrogens (tertiary/aromatic N) is 2. The fourth-order valence-corrected chi connectivity index (χ4v) is 6.05. The van der Waals surface area contributed by atoms with E-state index in [0.29, 0.717) is 18.0 Å². The molecule has 0 spiro atoms. The molecule has 1 saturated heterocycles. The van der Waals surface area contributed by atoms with Gasteiger partial charge in [-0.05, 0) is 48.6 Å². The molecule has 0 bridgehead atoms. The van der Waals surface area contributed by atoms with E-state index in [1.807, 2.05) is 48.3 Å². The summed E-state index contributed by atoms with van der Waals surface area (Å²) >= 11 is 6.39. The first-order valence-electron chi connectivity index (χ1n) is 10.6. The number of fused-ring (bicyclic) bond motifs is 3. The van der Waals surface area contributed by atoms with Gasteiger partial charge in [-0.3, -0.25) is 4.79 Å². The lowest BCUT2D eigenvalue weighted by molar-refractivity contribution is -0.147. The molecule has 2 atom stereocenters. The highest BCUT2D eigenvalue weighted by molar-refractivity contribution is 6.30. The van der Waals surface area contributed by atoms with Crippen LogP contribution >= 0.6 is 11.6 Å². The molecule has 0 radical (unpaired) electrons. The highest BCUT2D eigenvalue weighted by Gasteiger charge is 2.71. The Kier molecular flexibility index (Phi) is 4.41. The minimum Gasteiger partial charge on any atom is -0.362 e. The molecule has 4 nitrogen and oxygen atoms in total. The third-order valence-corrected chi connectivity index (χ3v) is 7.59. The maximum Gasteiger partial charge on any atom is 0.277 e. The second kappa shape index (κ2) is 6.75. The van der Waals surface area contributed by atoms with Crippen LogP contribution in [0.25, 0.3) is 0 Å². The number of carbonyl (C=O) groups is 1. The number of amides is 1. The molecule has 1 aliphatic carbocycles. The van der Waals surface area contributed by atoms with Gasteiger partial charge in [-0.15, -0.1) is 0 Å². The Morgan fingerprint density at radius 1 is 1.10 bits per heavy atom. The Morgan fingerprint density at radius 3 is 2.55 bits per heavy atom. The fraction of sp³-hybridized carbons (Fsp3) is 0.458. The smallest absolute Gasteiger partial charge is 0.277 e. The number of hydrogen-bond donors (Lipinski definition) is 1. The lowest BCUT2D eigenvalue weighted by Gasteiger charge is -2.37. The fourth-order valence-electron chi connectivity index (χ4n) is 5.88. The standard InChI is InChI=1S/C24H27ClN2O2/c1-26-21-13-12-18(25)14-20(21)23(15-17-8-4-2-5-9-17)16-27(22(28)24(23,26)29)19-10-6-3-7-11-19/h2,4-5,8-9,12-14,19,29H,3,6-7,10-11,15-16H2,1H3/t23-,24-/m0/s1. The predicted molar refractivity (Wildman–Crippen MR) is 115 cm³/mol. The van der Waals surface area contributed by atoms with Crippen molar-refractivity contribution >= 4 is 23.2 Å². The molecule has 2 aromatic rings. The molecule has 5 heteroatoms. The summed E-state index contributed by atoms with van der Waals surface area (Å²) in [6.07, 6.45) is 6.17. The van der Waals surface area contributed by atoms with Gasteiger partial charge in [0.25, 0.3) is 5.91 Å². The van der Waals surface area contributed by atoms with Crippen molar-refractivity contribution in [2.45, 2.75) is 55.7 Å². The van der Waals surface area contributed by atoms with Crippen molar-refractivity contribution in [1.29, 1.82) is 0 Å². The van der Waals surface area contributed by atoms with Gasteiger partial charge in [0.1, 0.15) is 0 Å². The van der Waals surface area contributed by atoms with Gasteiger partial charge in [0.15, 0.2) is 0 Å². The zero-order chi connectivity index (χ0) is 20.2. The predicted octanol–water partition coefficient (Wildman–Crippen LogP) is 4.13. The van der Waals surface area contributed by atoms with E-state index >= 15 is 0 Å². The third kappa shape index (κ3) is 2.58. The van der Waals surface area contributed by atoms with Crippen molar-refractivity contribution in [3.63, 3.8) is 0 Å². The third-order valence-electron chi connectivity index (χ3n) is 7.35. The van der Waals surface area contributed by atoms with E-state index in [4.69, 9.17) is 11.6 Å². The molecule has 152 valence electrons. The number of carbonyl (C=O) groups excluding carboxylic acids is 1. The van der Waals surface area contributed by atoms with Crippen LogP contribution in [0.15, 0.2) is 48.5 Å². The monoisotopic (exact) mass is 410 g/mol. The topological polar surface area (TPSA) is 43.8 Å². The van der Waals surface area contributed by atoms with Gasteiger partial charge < -0.3 is 14.9 Å². The lowest BCUT2D eigenvalue weighted by Crippen LogP contribution is -2.60. The molecular formula is C24H27ClN2O2. The summed E-state index contributed by atoms with van der Waals surface area (Å²) < 4.78 is 0. The van der Waals surface area contributed by atoms with Crippen LogP contribution in [0.4, 0.5) is 5.69 Å². The number of anilines is 1. The maximum atomic E-state index is 13.8. The first kappa shape index (κ1) is 19.0. The molecule has 29 heavy (non-hydrogen) atoms. The quantitative estimate of drug-likeness (QED) is 0.827. The van der Waals surface area contributed by atoms with Crippen molar-refractivity contribution < 1.29 is 9.90 Å². The van der Waals surface area contributed by atoms with E-state index in [1.165, 1.54) is 6.42 Å². The van der Waals surface area contributed by atoms with E-state index in [2.05, 4.69) is 12.1 Å². The molecule has 2 fully saturated rings. The summed E-state index contributed by atoms with van der Waals surface area (Å²) in [5, 5.41) is 12.7. The highest BCUT2D eigenvalue weighted by Crippen LogP contribution is 2.57. The van der Waals surface area contributed by atoms with Crippen molar-refractivity contribution in [3.8, 4) is 0 Å². The van der Waals surface area contributed by atoms with Crippen LogP contribution in [0.3, 0.4) is 0 Å². The first-order valence-corrected chi connectivity index (χ1v) is 11.0. The Balaban J connectivity index is 1.67. The van der Waals surface area contributed by atoms with Gasteiger partial charge in [-0.2, -0.15) is 0 Å². The average Bonchev–Trinajstić information content (AvgIpc) is 3.07. The second-order valence-corrected chi connectivity index (χ2v) is 9.30. The van der Waals surface area contributed by atoms with Crippen LogP contribution in [0.5, 0.6) is 0 Å². The van der Waals surface area contributed by atoms with Crippen LogP contribution in [0.1, 0.15) is 43.2 Å². The SMILES string of the molecule is CN1c2ccc(Cl)cc2[C@]2(Cc3ccccc3)CN(C3CCCCC3)C(=O)[C@@]12O. The lowest BCUT2D eigenvalue weighted by atomic mass is 9.71. The molecular weight excluding hydrogens is 384 g/mol. The number of likely N-dealkylation sites (N-methyl/N-ethyl adjacent to an activating group) is 1. The van der Waals surface area contributed by atoms with E-state index in [0.717, 1.165) is 42.5 Å². The van der Waals surface area contributed by atoms with E-state index in [9.17, 15) is 9.90 Å². The summed E-state index contributed by atoms with van der Waals surface area (Å²) in [6, 6.07) is 16.1. The van der Waals surface area contributed by atoms with Crippen molar-refractivity contribution in [2.24, 2.45) is 0 Å². The van der Waals surface area contributed by atoms with Crippen molar-refractivity contribution in [1.82, 2.24) is 4.90 Å². The molecule has 3 aliphatic rings. The largest absolute Gasteiger partial charge is 0.362 e. The summed E-state index contributed by atoms with van der Waals surface area (Å²) in [4.78, 5) is 17.5. The summed E-state index contributed by atoms with van der Waals surface area (Å²) in [5.74, 6) is -0.157. The van der Waals surface area contributed by atoms with E-state index in [-0.39, 0.29) is 11.9 Å². The average molecular weight is 411 g/mol. The summed E-state index contributed by atoms with van der Waals surface area (Å²) in [6.45, 7) is 0.527. The normalized spacial score (nSPS) is 29.3. The Hall–Kier alpha value is -2.04.